The molecule has 0 fully saturated rings. The van der Waals surface area contributed by atoms with Crippen LogP contribution in [0.4, 0.5) is 5.13 Å². The molecule has 0 aliphatic rings. The minimum absolute atomic E-state index is 0.495. The summed E-state index contributed by atoms with van der Waals surface area (Å²) in [6, 6.07) is 0.558. The zero-order valence-corrected chi connectivity index (χ0v) is 14.8. The molecule has 0 saturated heterocycles. The number of thiazole rings is 1. The third-order valence-electron chi connectivity index (χ3n) is 3.68. The number of hydrogen-bond acceptors (Lipinski definition) is 4. The fourth-order valence-corrected chi connectivity index (χ4v) is 3.64. The maximum absolute atomic E-state index is 4.93. The number of nitrogens with zero attached hydrogens (tertiary/aromatic N) is 2. The molecule has 1 unspecified atom stereocenters. The van der Waals surface area contributed by atoms with Gasteiger partial charge in [0.1, 0.15) is 0 Å². The van der Waals surface area contributed by atoms with E-state index in [4.69, 9.17) is 4.98 Å². The number of rotatable bonds is 9. The Morgan fingerprint density at radius 1 is 1.20 bits per heavy atom. The summed E-state index contributed by atoms with van der Waals surface area (Å²) in [6.07, 6.45) is 2.34. The number of hydrogen-bond donors (Lipinski definition) is 1. The molecule has 1 atom stereocenters. The lowest BCUT2D eigenvalue weighted by molar-refractivity contribution is 0.626. The van der Waals surface area contributed by atoms with Gasteiger partial charge in [-0.15, -0.1) is 11.3 Å². The molecule has 0 bridgehead atoms. The van der Waals surface area contributed by atoms with E-state index in [-0.39, 0.29) is 0 Å². The van der Waals surface area contributed by atoms with Gasteiger partial charge in [-0.3, -0.25) is 0 Å². The van der Waals surface area contributed by atoms with E-state index < -0.39 is 0 Å². The minimum Gasteiger partial charge on any atom is -0.346 e. The zero-order valence-electron chi connectivity index (χ0n) is 14.0. The van der Waals surface area contributed by atoms with Crippen LogP contribution in [0.15, 0.2) is 0 Å². The van der Waals surface area contributed by atoms with E-state index in [1.54, 1.807) is 0 Å². The highest BCUT2D eigenvalue weighted by Crippen LogP contribution is 2.32. The first-order chi connectivity index (χ1) is 9.54. The van der Waals surface area contributed by atoms with Crippen molar-refractivity contribution in [2.45, 2.75) is 72.9 Å². The van der Waals surface area contributed by atoms with Crippen LogP contribution in [0.2, 0.25) is 0 Å². The molecule has 1 rings (SSSR count). The molecular formula is C16H31N3S. The monoisotopic (exact) mass is 297 g/mol. The predicted molar refractivity (Wildman–Crippen MR) is 91.0 cm³/mol. The number of anilines is 1. The van der Waals surface area contributed by atoms with Gasteiger partial charge in [-0.05, 0) is 39.2 Å². The average Bonchev–Trinajstić information content (AvgIpc) is 2.84. The fourth-order valence-electron chi connectivity index (χ4n) is 2.29. The molecule has 3 nitrogen and oxygen atoms in total. The van der Waals surface area contributed by atoms with Gasteiger partial charge in [0.2, 0.25) is 0 Å². The Balaban J connectivity index is 2.94. The van der Waals surface area contributed by atoms with Crippen LogP contribution in [0, 0.1) is 0 Å². The predicted octanol–water partition coefficient (Wildman–Crippen LogP) is 4.39. The van der Waals surface area contributed by atoms with Crippen LogP contribution < -0.4 is 10.2 Å². The van der Waals surface area contributed by atoms with E-state index in [1.807, 2.05) is 11.3 Å². The zero-order chi connectivity index (χ0) is 15.1. The van der Waals surface area contributed by atoms with E-state index in [0.29, 0.717) is 12.0 Å². The molecule has 4 heteroatoms. The Morgan fingerprint density at radius 2 is 1.90 bits per heavy atom. The second-order valence-electron chi connectivity index (χ2n) is 5.68. The minimum atomic E-state index is 0.495. The molecule has 0 radical (unpaired) electrons. The molecule has 1 aromatic rings. The molecule has 0 aromatic carbocycles. The second-order valence-corrected chi connectivity index (χ2v) is 6.74. The third kappa shape index (κ3) is 4.45. The Morgan fingerprint density at radius 3 is 2.40 bits per heavy atom. The van der Waals surface area contributed by atoms with Crippen molar-refractivity contribution in [3.8, 4) is 0 Å². The Hall–Kier alpha value is -0.610. The van der Waals surface area contributed by atoms with Crippen LogP contribution in [-0.2, 0) is 6.54 Å². The normalized spacial score (nSPS) is 12.9. The summed E-state index contributed by atoms with van der Waals surface area (Å²) >= 11 is 1.87. The molecule has 0 aliphatic heterocycles. The lowest BCUT2D eigenvalue weighted by Gasteiger charge is -2.26. The molecule has 1 heterocycles. The van der Waals surface area contributed by atoms with Crippen LogP contribution in [-0.4, -0.2) is 24.1 Å². The summed E-state index contributed by atoms with van der Waals surface area (Å²) in [5, 5.41) is 4.71. The topological polar surface area (TPSA) is 28.2 Å². The van der Waals surface area contributed by atoms with E-state index in [0.717, 1.165) is 26.1 Å². The van der Waals surface area contributed by atoms with E-state index in [1.165, 1.54) is 22.1 Å². The van der Waals surface area contributed by atoms with Crippen molar-refractivity contribution in [1.82, 2.24) is 10.3 Å². The molecule has 0 saturated carbocycles. The first-order valence-electron chi connectivity index (χ1n) is 8.01. The van der Waals surface area contributed by atoms with Crippen molar-refractivity contribution in [3.05, 3.63) is 10.6 Å². The molecule has 20 heavy (non-hydrogen) atoms. The van der Waals surface area contributed by atoms with Gasteiger partial charge in [0.15, 0.2) is 5.13 Å². The van der Waals surface area contributed by atoms with Crippen molar-refractivity contribution in [1.29, 1.82) is 0 Å². The highest BCUT2D eigenvalue weighted by atomic mass is 32.1. The summed E-state index contributed by atoms with van der Waals surface area (Å²) in [7, 11) is 0. The van der Waals surface area contributed by atoms with E-state index in [2.05, 4.69) is 51.8 Å². The van der Waals surface area contributed by atoms with Crippen LogP contribution in [0.5, 0.6) is 0 Å². The van der Waals surface area contributed by atoms with Gasteiger partial charge in [0, 0.05) is 24.0 Å². The van der Waals surface area contributed by atoms with Crippen LogP contribution in [0.1, 0.15) is 70.9 Å². The quantitative estimate of drug-likeness (QED) is 0.685. The summed E-state index contributed by atoms with van der Waals surface area (Å²) in [5.41, 5.74) is 1.27. The highest BCUT2D eigenvalue weighted by Gasteiger charge is 2.19. The summed E-state index contributed by atoms with van der Waals surface area (Å²) in [5.74, 6) is 0.495. The molecule has 1 N–H and O–H groups in total. The third-order valence-corrected chi connectivity index (χ3v) is 4.79. The molecule has 0 aliphatic carbocycles. The largest absolute Gasteiger partial charge is 0.346 e. The van der Waals surface area contributed by atoms with Gasteiger partial charge in [0.05, 0.1) is 5.69 Å². The van der Waals surface area contributed by atoms with Gasteiger partial charge in [-0.25, -0.2) is 4.98 Å². The lowest BCUT2D eigenvalue weighted by Crippen LogP contribution is -2.32. The van der Waals surface area contributed by atoms with Gasteiger partial charge < -0.3 is 10.2 Å². The SMILES string of the molecule is CCCNCc1sc(N(CC)C(C)CC)nc1C(C)C. The van der Waals surface area contributed by atoms with Gasteiger partial charge in [-0.1, -0.05) is 27.7 Å². The van der Waals surface area contributed by atoms with Crippen LogP contribution in [0.25, 0.3) is 0 Å². The Labute approximate surface area is 128 Å². The van der Waals surface area contributed by atoms with Crippen molar-refractivity contribution in [2.24, 2.45) is 0 Å². The lowest BCUT2D eigenvalue weighted by atomic mass is 10.1. The van der Waals surface area contributed by atoms with E-state index >= 15 is 0 Å². The number of nitrogens with one attached hydrogen (secondary N) is 1. The first-order valence-corrected chi connectivity index (χ1v) is 8.83. The summed E-state index contributed by atoms with van der Waals surface area (Å²) in [4.78, 5) is 8.77. The molecule has 0 amide bonds. The van der Waals surface area contributed by atoms with Crippen molar-refractivity contribution >= 4 is 16.5 Å². The fraction of sp³-hybridized carbons (Fsp3) is 0.812. The maximum Gasteiger partial charge on any atom is 0.186 e. The first kappa shape index (κ1) is 17.4. The van der Waals surface area contributed by atoms with Crippen LogP contribution >= 0.6 is 11.3 Å². The number of aromatic nitrogens is 1. The molecule has 116 valence electrons. The van der Waals surface area contributed by atoms with Gasteiger partial charge >= 0.3 is 0 Å². The van der Waals surface area contributed by atoms with Gasteiger partial charge in [-0.2, -0.15) is 0 Å². The summed E-state index contributed by atoms with van der Waals surface area (Å²) in [6.45, 7) is 16.5. The smallest absolute Gasteiger partial charge is 0.186 e. The Bertz CT molecular complexity index is 387. The second kappa shape index (κ2) is 8.63. The van der Waals surface area contributed by atoms with Gasteiger partial charge in [0.25, 0.3) is 0 Å². The molecule has 0 spiro atoms. The van der Waals surface area contributed by atoms with Crippen molar-refractivity contribution in [3.63, 3.8) is 0 Å². The molecule has 1 aromatic heterocycles. The average molecular weight is 298 g/mol. The highest BCUT2D eigenvalue weighted by molar-refractivity contribution is 7.15. The maximum atomic E-state index is 4.93. The molecular weight excluding hydrogens is 266 g/mol. The van der Waals surface area contributed by atoms with E-state index in [9.17, 15) is 0 Å². The standard InChI is InChI=1S/C16H31N3S/c1-7-10-17-11-14-15(12(4)5)18-16(20-14)19(9-3)13(6)8-2/h12-13,17H,7-11H2,1-6H3. The Kier molecular flexibility index (Phi) is 7.52. The van der Waals surface area contributed by atoms with Crippen molar-refractivity contribution in [2.75, 3.05) is 18.0 Å². The van der Waals surface area contributed by atoms with Crippen LogP contribution in [0.3, 0.4) is 0 Å². The van der Waals surface area contributed by atoms with Crippen molar-refractivity contribution < 1.29 is 0 Å². The summed E-state index contributed by atoms with van der Waals surface area (Å²) < 4.78 is 0.